The highest BCUT2D eigenvalue weighted by molar-refractivity contribution is 5.88. The fraction of sp³-hybridized carbons (Fsp3) is 0.372. The first-order valence-electron chi connectivity index (χ1n) is 19.2. The minimum atomic E-state index is -1.16. The fourth-order valence-corrected chi connectivity index (χ4v) is 9.65. The van der Waals surface area contributed by atoms with E-state index in [9.17, 15) is 14.7 Å². The van der Waals surface area contributed by atoms with Gasteiger partial charge in [0.1, 0.15) is 51.6 Å². The maximum atomic E-state index is 14.5. The number of fused-ring (bicyclic) bond motifs is 5. The molecule has 13 heteroatoms. The van der Waals surface area contributed by atoms with Crippen LogP contribution in [0.4, 0.5) is 11.6 Å². The predicted molar refractivity (Wildman–Crippen MR) is 209 cm³/mol. The molecular weight excluding hydrogens is 713 g/mol. The van der Waals surface area contributed by atoms with Gasteiger partial charge >= 0.3 is 5.97 Å². The molecule has 13 nitrogen and oxygen atoms in total. The molecule has 0 radical (unpaired) electrons. The molecular formula is C43H42N6O7. The number of esters is 1. The summed E-state index contributed by atoms with van der Waals surface area (Å²) in [6.45, 7) is 6.79. The highest BCUT2D eigenvalue weighted by atomic mass is 16.7. The molecule has 2 saturated heterocycles. The molecule has 9 heterocycles. The molecule has 286 valence electrons. The van der Waals surface area contributed by atoms with E-state index in [0.29, 0.717) is 60.2 Å². The number of carbonyl (C=O) groups is 1. The number of ether oxygens (including phenoxy) is 3. The number of rotatable bonds is 6. The number of aliphatic imine (C=N–C) groups is 1. The Morgan fingerprint density at radius 1 is 1.02 bits per heavy atom. The number of aryl methyl sites for hydroxylation is 2. The van der Waals surface area contributed by atoms with Crippen LogP contribution >= 0.6 is 0 Å². The summed E-state index contributed by atoms with van der Waals surface area (Å²) in [4.78, 5) is 43.3. The van der Waals surface area contributed by atoms with Crippen molar-refractivity contribution < 1.29 is 28.5 Å². The summed E-state index contributed by atoms with van der Waals surface area (Å²) in [6.07, 6.45) is 11.5. The maximum absolute atomic E-state index is 14.5. The molecule has 1 aliphatic carbocycles. The standard InChI is InChI=1S/C43H42N6O7/c1-21-12-30(50)37-31(53-21)17-32-38(39(37)51)36-23-5-7-26(8-6-23)43(41(52)54-40(36)42(2,3)55-32)33(56-43)9-4-22-13-28(48-34(44)14-22)25-15-27(47-35(45)16-25)19-49-18-24-10-11-46-29(24)20-49/h5,7,10-17,20,23,26,33,36,40,51H,4,6,8-9,18-19H2,1-3H3,(H2,44,48)(H2,45,47)/t23-,26+,33+,36+,40+,43+/m0/s1. The van der Waals surface area contributed by atoms with Crippen molar-refractivity contribution in [3.63, 3.8) is 0 Å². The molecule has 6 aliphatic heterocycles. The van der Waals surface area contributed by atoms with Gasteiger partial charge in [0.2, 0.25) is 0 Å². The zero-order chi connectivity index (χ0) is 38.7. The van der Waals surface area contributed by atoms with Crippen LogP contribution in [0.5, 0.6) is 11.5 Å². The van der Waals surface area contributed by atoms with Crippen molar-refractivity contribution >= 4 is 34.8 Å². The summed E-state index contributed by atoms with van der Waals surface area (Å²) in [5.74, 6) is 0.233. The quantitative estimate of drug-likeness (QED) is 0.125. The van der Waals surface area contributed by atoms with Crippen LogP contribution in [-0.4, -0.2) is 62.1 Å². The summed E-state index contributed by atoms with van der Waals surface area (Å²) < 4.78 is 25.2. The lowest BCUT2D eigenvalue weighted by molar-refractivity contribution is -0.172. The molecule has 2 fully saturated rings. The summed E-state index contributed by atoms with van der Waals surface area (Å²) >= 11 is 0. The Balaban J connectivity index is 0.903. The lowest BCUT2D eigenvalue weighted by Gasteiger charge is -2.46. The van der Waals surface area contributed by atoms with E-state index in [2.05, 4.69) is 32.0 Å². The first-order chi connectivity index (χ1) is 26.9. The van der Waals surface area contributed by atoms with Crippen molar-refractivity contribution in [3.8, 4) is 22.8 Å². The maximum Gasteiger partial charge on any atom is 0.342 e. The van der Waals surface area contributed by atoms with E-state index >= 15 is 0 Å². The number of epoxide rings is 1. The lowest BCUT2D eigenvalue weighted by atomic mass is 9.69. The number of hydrogen-bond donors (Lipinski definition) is 3. The molecule has 0 unspecified atom stereocenters. The molecule has 6 atom stereocenters. The van der Waals surface area contributed by atoms with Crippen molar-refractivity contribution in [2.24, 2.45) is 16.8 Å². The first-order valence-corrected chi connectivity index (χ1v) is 19.2. The third-order valence-corrected chi connectivity index (χ3v) is 12.2. The van der Waals surface area contributed by atoms with Crippen LogP contribution < -0.4 is 21.6 Å². The third-order valence-electron chi connectivity index (χ3n) is 12.2. The SMILES string of the molecule is Cc1cc(=O)c2c(O)c3c(cc2o1)OC(C)(C)[C@@H]1OC(=O)[C@@]2(O[C@@H]2CCc2cc(N)nc(-c4cc(N)nc(CN5C=C6N=CC=C6C5)c4)c2)[C@@H]2C=C[C@@H](CC2)[C@H]31. The van der Waals surface area contributed by atoms with Gasteiger partial charge in [0.25, 0.3) is 0 Å². The topological polar surface area (TPSA) is 192 Å². The van der Waals surface area contributed by atoms with Gasteiger partial charge < -0.3 is 40.1 Å². The fourth-order valence-electron chi connectivity index (χ4n) is 9.65. The lowest BCUT2D eigenvalue weighted by Crippen LogP contribution is -2.53. The molecule has 56 heavy (non-hydrogen) atoms. The number of aromatic hydroxyl groups is 1. The van der Waals surface area contributed by atoms with E-state index in [0.717, 1.165) is 35.5 Å². The largest absolute Gasteiger partial charge is 0.507 e. The number of aromatic nitrogens is 2. The van der Waals surface area contributed by atoms with Crippen LogP contribution in [0.1, 0.15) is 61.6 Å². The van der Waals surface area contributed by atoms with Crippen LogP contribution in [0.3, 0.4) is 0 Å². The van der Waals surface area contributed by atoms with E-state index in [-0.39, 0.29) is 34.0 Å². The van der Waals surface area contributed by atoms with Gasteiger partial charge in [0, 0.05) is 59.6 Å². The number of phenols is 1. The number of hydrogen-bond acceptors (Lipinski definition) is 13. The molecule has 5 N–H and O–H groups in total. The predicted octanol–water partition coefficient (Wildman–Crippen LogP) is 5.63. The minimum Gasteiger partial charge on any atom is -0.507 e. The van der Waals surface area contributed by atoms with Gasteiger partial charge in [-0.15, -0.1) is 0 Å². The highest BCUT2D eigenvalue weighted by Gasteiger charge is 2.69. The van der Waals surface area contributed by atoms with Gasteiger partial charge in [-0.05, 0) is 88.3 Å². The van der Waals surface area contributed by atoms with Crippen LogP contribution in [0.2, 0.25) is 0 Å². The number of nitrogens with zero attached hydrogens (tertiary/aromatic N) is 4. The Morgan fingerprint density at radius 3 is 2.66 bits per heavy atom. The Hall–Kier alpha value is -5.95. The second-order valence-electron chi connectivity index (χ2n) is 16.4. The molecule has 11 rings (SSSR count). The van der Waals surface area contributed by atoms with Gasteiger partial charge in [0.15, 0.2) is 11.0 Å². The molecule has 0 amide bonds. The van der Waals surface area contributed by atoms with E-state index in [1.54, 1.807) is 19.1 Å². The Morgan fingerprint density at radius 2 is 1.86 bits per heavy atom. The Labute approximate surface area is 322 Å². The second kappa shape index (κ2) is 12.3. The molecule has 3 aromatic heterocycles. The zero-order valence-corrected chi connectivity index (χ0v) is 31.3. The smallest absolute Gasteiger partial charge is 0.342 e. The number of benzene rings is 1. The van der Waals surface area contributed by atoms with Gasteiger partial charge in [-0.2, -0.15) is 0 Å². The van der Waals surface area contributed by atoms with Crippen molar-refractivity contribution in [2.45, 2.75) is 82.3 Å². The second-order valence-corrected chi connectivity index (χ2v) is 16.4. The minimum absolute atomic E-state index is 0.0845. The van der Waals surface area contributed by atoms with Crippen molar-refractivity contribution in [3.05, 3.63) is 105 Å². The van der Waals surface area contributed by atoms with Gasteiger partial charge in [-0.3, -0.25) is 9.79 Å². The molecule has 4 aromatic rings. The van der Waals surface area contributed by atoms with E-state index < -0.39 is 35.3 Å². The highest BCUT2D eigenvalue weighted by Crippen LogP contribution is 2.58. The van der Waals surface area contributed by atoms with Crippen molar-refractivity contribution in [1.82, 2.24) is 14.9 Å². The van der Waals surface area contributed by atoms with Crippen LogP contribution in [0.15, 0.2) is 86.3 Å². The van der Waals surface area contributed by atoms with Crippen LogP contribution in [-0.2, 0) is 27.2 Å². The Kier molecular flexibility index (Phi) is 7.57. The van der Waals surface area contributed by atoms with Crippen LogP contribution in [0.25, 0.3) is 22.2 Å². The first kappa shape index (κ1) is 34.5. The number of phenolic OH excluding ortho intramolecular Hbond substituents is 1. The van der Waals surface area contributed by atoms with Crippen molar-refractivity contribution in [2.75, 3.05) is 18.0 Å². The Bertz CT molecular complexity index is 2560. The molecule has 1 aromatic carbocycles. The summed E-state index contributed by atoms with van der Waals surface area (Å²) in [5.41, 5.74) is 16.3. The summed E-state index contributed by atoms with van der Waals surface area (Å²) in [5, 5.41) is 11.8. The van der Waals surface area contributed by atoms with Gasteiger partial charge in [0.05, 0.1) is 29.7 Å². The third kappa shape index (κ3) is 5.50. The number of carbonyl (C=O) groups excluding carboxylic acids is 1. The van der Waals surface area contributed by atoms with E-state index in [4.69, 9.17) is 30.1 Å². The molecule has 2 bridgehead atoms. The average Bonchev–Trinajstić information content (AvgIpc) is 3.48. The normalized spacial score (nSPS) is 27.8. The average molecular weight is 755 g/mol. The van der Waals surface area contributed by atoms with Crippen LogP contribution in [0, 0.1) is 18.8 Å². The number of nitrogens with two attached hydrogens (primary N) is 2. The number of anilines is 2. The van der Waals surface area contributed by atoms with Gasteiger partial charge in [-0.1, -0.05) is 12.2 Å². The molecule has 1 spiro atoms. The number of nitrogen functional groups attached to an aromatic ring is 2. The molecule has 0 saturated carbocycles. The summed E-state index contributed by atoms with van der Waals surface area (Å²) in [6, 6.07) is 10.7. The van der Waals surface area contributed by atoms with Crippen molar-refractivity contribution in [1.29, 1.82) is 0 Å². The number of allylic oxidation sites excluding steroid dienone is 2. The zero-order valence-electron chi connectivity index (χ0n) is 31.3. The van der Waals surface area contributed by atoms with E-state index in [1.165, 1.54) is 11.6 Å². The monoisotopic (exact) mass is 754 g/mol. The number of pyridine rings is 2. The van der Waals surface area contributed by atoms with Gasteiger partial charge in [-0.25, -0.2) is 14.8 Å². The summed E-state index contributed by atoms with van der Waals surface area (Å²) in [7, 11) is 0. The molecule has 7 aliphatic rings. The van der Waals surface area contributed by atoms with E-state index in [1.807, 2.05) is 50.5 Å².